The number of carbonyl (C=O) groups is 2. The summed E-state index contributed by atoms with van der Waals surface area (Å²) in [4.78, 5) is 26.1. The summed E-state index contributed by atoms with van der Waals surface area (Å²) in [5.74, 6) is -2.35. The number of hydrogen-bond donors (Lipinski definition) is 3. The van der Waals surface area contributed by atoms with Crippen LogP contribution < -0.4 is 0 Å². The third-order valence-electron chi connectivity index (χ3n) is 3.90. The number of hydrogen-bond acceptors (Lipinski definition) is 2. The van der Waals surface area contributed by atoms with E-state index in [-0.39, 0.29) is 28.3 Å². The SMILES string of the molecule is O=C(O)/C(=C\c1c(C(=O)O)[nH]c2cc(Cl)cc(Cl)c12)Cc1ccccc1. The Kier molecular flexibility index (Phi) is 5.02. The molecule has 0 radical (unpaired) electrons. The number of halogens is 2. The van der Waals surface area contributed by atoms with Crippen molar-refractivity contribution in [3.8, 4) is 0 Å². The van der Waals surface area contributed by atoms with Crippen LogP contribution in [0.5, 0.6) is 0 Å². The maximum atomic E-state index is 11.7. The van der Waals surface area contributed by atoms with E-state index in [2.05, 4.69) is 4.98 Å². The molecule has 26 heavy (non-hydrogen) atoms. The van der Waals surface area contributed by atoms with Crippen molar-refractivity contribution < 1.29 is 19.8 Å². The number of aromatic carboxylic acids is 1. The van der Waals surface area contributed by atoms with E-state index in [9.17, 15) is 19.8 Å². The van der Waals surface area contributed by atoms with Gasteiger partial charge in [0.25, 0.3) is 0 Å². The summed E-state index contributed by atoms with van der Waals surface area (Å²) in [6.07, 6.45) is 1.49. The zero-order valence-electron chi connectivity index (χ0n) is 13.3. The van der Waals surface area contributed by atoms with Gasteiger partial charge in [-0.1, -0.05) is 53.5 Å². The van der Waals surface area contributed by atoms with Gasteiger partial charge in [-0.2, -0.15) is 0 Å². The van der Waals surface area contributed by atoms with Gasteiger partial charge in [-0.15, -0.1) is 0 Å². The Labute approximate surface area is 158 Å². The number of benzene rings is 2. The molecule has 3 rings (SSSR count). The predicted molar refractivity (Wildman–Crippen MR) is 101 cm³/mol. The molecule has 0 bridgehead atoms. The van der Waals surface area contributed by atoms with Gasteiger partial charge in [0.05, 0.1) is 5.02 Å². The summed E-state index contributed by atoms with van der Waals surface area (Å²) in [5, 5.41) is 20.1. The molecule has 3 aromatic rings. The minimum absolute atomic E-state index is 0.0469. The first kappa shape index (κ1) is 18.0. The average Bonchev–Trinajstić information content (AvgIpc) is 2.94. The molecular formula is C19H13Cl2NO4. The second-order valence-corrected chi connectivity index (χ2v) is 6.51. The number of fused-ring (bicyclic) bond motifs is 1. The summed E-state index contributed by atoms with van der Waals surface area (Å²) in [7, 11) is 0. The van der Waals surface area contributed by atoms with Gasteiger partial charge in [0, 0.05) is 33.5 Å². The van der Waals surface area contributed by atoms with Crippen molar-refractivity contribution in [2.24, 2.45) is 0 Å². The maximum Gasteiger partial charge on any atom is 0.352 e. The number of H-pyrrole nitrogens is 1. The van der Waals surface area contributed by atoms with E-state index in [4.69, 9.17) is 23.2 Å². The van der Waals surface area contributed by atoms with Crippen LogP contribution in [-0.4, -0.2) is 27.1 Å². The highest BCUT2D eigenvalue weighted by atomic mass is 35.5. The molecular weight excluding hydrogens is 377 g/mol. The highest BCUT2D eigenvalue weighted by Gasteiger charge is 2.20. The molecule has 2 aromatic carbocycles. The van der Waals surface area contributed by atoms with E-state index >= 15 is 0 Å². The van der Waals surface area contributed by atoms with Crippen LogP contribution >= 0.6 is 23.2 Å². The van der Waals surface area contributed by atoms with Crippen molar-refractivity contribution >= 4 is 52.1 Å². The standard InChI is InChI=1S/C19H13Cl2NO4/c20-12-8-14(21)16-13(17(19(25)26)22-15(16)9-12)7-11(18(23)24)6-10-4-2-1-3-5-10/h1-5,7-9,22H,6H2,(H,23,24)(H,25,26)/b11-7-. The first-order valence-corrected chi connectivity index (χ1v) is 8.34. The van der Waals surface area contributed by atoms with Crippen LogP contribution in [0, 0.1) is 0 Å². The van der Waals surface area contributed by atoms with Gasteiger partial charge in [-0.25, -0.2) is 9.59 Å². The molecule has 0 aliphatic carbocycles. The molecule has 0 saturated carbocycles. The zero-order valence-corrected chi connectivity index (χ0v) is 14.8. The summed E-state index contributed by atoms with van der Waals surface area (Å²) in [6.45, 7) is 0. The van der Waals surface area contributed by atoms with E-state index in [0.717, 1.165) is 5.56 Å². The monoisotopic (exact) mass is 389 g/mol. The lowest BCUT2D eigenvalue weighted by atomic mass is 10.0. The van der Waals surface area contributed by atoms with Gasteiger partial charge < -0.3 is 15.2 Å². The number of aliphatic carboxylic acids is 1. The minimum Gasteiger partial charge on any atom is -0.478 e. The van der Waals surface area contributed by atoms with Gasteiger partial charge in [0.2, 0.25) is 0 Å². The van der Waals surface area contributed by atoms with Crippen LogP contribution in [0.15, 0.2) is 48.0 Å². The molecule has 0 spiro atoms. The van der Waals surface area contributed by atoms with Crippen LogP contribution in [0.3, 0.4) is 0 Å². The molecule has 1 aromatic heterocycles. The van der Waals surface area contributed by atoms with E-state index in [1.165, 1.54) is 12.1 Å². The smallest absolute Gasteiger partial charge is 0.352 e. The zero-order chi connectivity index (χ0) is 18.8. The summed E-state index contributed by atoms with van der Waals surface area (Å²) >= 11 is 12.2. The van der Waals surface area contributed by atoms with Crippen molar-refractivity contribution in [1.82, 2.24) is 4.98 Å². The number of nitrogens with one attached hydrogen (secondary N) is 1. The molecule has 0 amide bonds. The van der Waals surface area contributed by atoms with Gasteiger partial charge in [0.15, 0.2) is 0 Å². The molecule has 7 heteroatoms. The highest BCUT2D eigenvalue weighted by Crippen LogP contribution is 2.34. The van der Waals surface area contributed by atoms with Crippen molar-refractivity contribution in [3.63, 3.8) is 0 Å². The quantitative estimate of drug-likeness (QED) is 0.542. The van der Waals surface area contributed by atoms with Gasteiger partial charge in [-0.05, 0) is 23.8 Å². The second-order valence-electron chi connectivity index (χ2n) is 5.67. The van der Waals surface area contributed by atoms with Crippen molar-refractivity contribution in [2.45, 2.75) is 6.42 Å². The van der Waals surface area contributed by atoms with Crippen LogP contribution in [0.25, 0.3) is 17.0 Å². The molecule has 3 N–H and O–H groups in total. The van der Waals surface area contributed by atoms with E-state index in [0.29, 0.717) is 15.9 Å². The van der Waals surface area contributed by atoms with E-state index in [1.54, 1.807) is 18.2 Å². The molecule has 0 saturated heterocycles. The van der Waals surface area contributed by atoms with Crippen molar-refractivity contribution in [2.75, 3.05) is 0 Å². The highest BCUT2D eigenvalue weighted by molar-refractivity contribution is 6.39. The Balaban J connectivity index is 2.21. The normalized spacial score (nSPS) is 11.7. The van der Waals surface area contributed by atoms with Crippen LogP contribution in [0.1, 0.15) is 21.6 Å². The lowest BCUT2D eigenvalue weighted by Gasteiger charge is -2.05. The molecule has 0 unspecified atom stereocenters. The van der Waals surface area contributed by atoms with E-state index < -0.39 is 11.9 Å². The molecule has 0 atom stereocenters. The average molecular weight is 390 g/mol. The third-order valence-corrected chi connectivity index (χ3v) is 4.41. The van der Waals surface area contributed by atoms with Gasteiger partial charge >= 0.3 is 11.9 Å². The fourth-order valence-electron chi connectivity index (χ4n) is 2.76. The number of carboxylic acids is 2. The number of rotatable bonds is 5. The fourth-order valence-corrected chi connectivity index (χ4v) is 3.36. The molecule has 0 aliphatic rings. The van der Waals surface area contributed by atoms with Gasteiger partial charge in [0.1, 0.15) is 5.69 Å². The van der Waals surface area contributed by atoms with Crippen LogP contribution in [0.4, 0.5) is 0 Å². The molecule has 132 valence electrons. The Morgan fingerprint density at radius 2 is 1.77 bits per heavy atom. The van der Waals surface area contributed by atoms with Crippen molar-refractivity contribution in [3.05, 3.63) is 74.9 Å². The summed E-state index contributed by atoms with van der Waals surface area (Å²) in [6, 6.07) is 12.1. The first-order chi connectivity index (χ1) is 12.4. The van der Waals surface area contributed by atoms with Crippen molar-refractivity contribution in [1.29, 1.82) is 0 Å². The molecule has 1 heterocycles. The Bertz CT molecular complexity index is 1040. The lowest BCUT2D eigenvalue weighted by molar-refractivity contribution is -0.132. The predicted octanol–water partition coefficient (Wildman–Crippen LogP) is 4.88. The maximum absolute atomic E-state index is 11.7. The first-order valence-electron chi connectivity index (χ1n) is 7.58. The van der Waals surface area contributed by atoms with Gasteiger partial charge in [-0.3, -0.25) is 0 Å². The number of carboxylic acid groups (broad SMARTS) is 2. The summed E-state index contributed by atoms with van der Waals surface area (Å²) < 4.78 is 0. The number of aromatic nitrogens is 1. The van der Waals surface area contributed by atoms with E-state index in [1.807, 2.05) is 18.2 Å². The third kappa shape index (κ3) is 3.59. The molecule has 0 aliphatic heterocycles. The second kappa shape index (κ2) is 7.23. The largest absolute Gasteiger partial charge is 0.478 e. The van der Waals surface area contributed by atoms with Crippen LogP contribution in [-0.2, 0) is 11.2 Å². The fraction of sp³-hybridized carbons (Fsp3) is 0.0526. The minimum atomic E-state index is -1.22. The van der Waals surface area contributed by atoms with Crippen LogP contribution in [0.2, 0.25) is 10.0 Å². The Morgan fingerprint density at radius 3 is 2.38 bits per heavy atom. The molecule has 5 nitrogen and oxygen atoms in total. The molecule has 0 fully saturated rings. The number of aromatic amines is 1. The summed E-state index contributed by atoms with van der Waals surface area (Å²) in [5.41, 5.74) is 1.34. The topological polar surface area (TPSA) is 90.4 Å². The lowest BCUT2D eigenvalue weighted by Crippen LogP contribution is -2.05. The Hall–Kier alpha value is -2.76. The Morgan fingerprint density at radius 1 is 1.08 bits per heavy atom.